The van der Waals surface area contributed by atoms with Gasteiger partial charge in [0.2, 0.25) is 0 Å². The predicted octanol–water partition coefficient (Wildman–Crippen LogP) is 3.53. The number of pyridine rings is 1. The van der Waals surface area contributed by atoms with Crippen LogP contribution in [0, 0.1) is 11.2 Å². The van der Waals surface area contributed by atoms with Gasteiger partial charge in [0, 0.05) is 0 Å². The van der Waals surface area contributed by atoms with E-state index >= 15 is 4.39 Å². The lowest BCUT2D eigenvalue weighted by Crippen LogP contribution is -2.63. The number of ether oxygens (including phenoxy) is 1. The number of carbonyl (C=O) groups is 1. The Bertz CT molecular complexity index is 1150. The third-order valence-corrected chi connectivity index (χ3v) is 10.7. The fraction of sp³-hybridized carbons (Fsp3) is 0.667. The summed E-state index contributed by atoms with van der Waals surface area (Å²) in [5, 5.41) is 5.21. The van der Waals surface area contributed by atoms with E-state index in [0.29, 0.717) is 18.8 Å². The zero-order chi connectivity index (χ0) is 22.4. The largest absolute Gasteiger partial charge is 0.423 e. The Balaban J connectivity index is 1.81. The highest BCUT2D eigenvalue weighted by Crippen LogP contribution is 2.59. The van der Waals surface area contributed by atoms with Crippen molar-refractivity contribution in [2.75, 3.05) is 11.9 Å². The first-order valence-electron chi connectivity index (χ1n) is 10.6. The normalized spacial score (nSPS) is 36.4. The summed E-state index contributed by atoms with van der Waals surface area (Å²) >= 11 is 0. The van der Waals surface area contributed by atoms with Crippen LogP contribution >= 0.6 is 0 Å². The Morgan fingerprint density at radius 1 is 1.19 bits per heavy atom. The Morgan fingerprint density at radius 2 is 1.90 bits per heavy atom. The first-order chi connectivity index (χ1) is 14.3. The van der Waals surface area contributed by atoms with Crippen LogP contribution in [-0.4, -0.2) is 43.4 Å². The second-order valence-electron chi connectivity index (χ2n) is 10.3. The molecule has 1 spiro atoms. The molecule has 1 saturated carbocycles. The number of amides is 1. The molecule has 0 radical (unpaired) electrons. The second kappa shape index (κ2) is 5.96. The quantitative estimate of drug-likeness (QED) is 0.630. The molecule has 1 fully saturated rings. The number of cyclic esters (lactones) is 1. The fourth-order valence-electron chi connectivity index (χ4n) is 4.98. The van der Waals surface area contributed by atoms with Crippen molar-refractivity contribution in [1.82, 2.24) is 10.3 Å². The molecule has 8 nitrogen and oxygen atoms in total. The number of rotatable bonds is 0. The molecule has 31 heavy (non-hydrogen) atoms. The number of alkyl carbamates (subject to hydrolysis) is 1. The summed E-state index contributed by atoms with van der Waals surface area (Å²) in [6.45, 7) is 9.17. The van der Waals surface area contributed by atoms with Crippen molar-refractivity contribution in [2.45, 2.75) is 75.1 Å². The van der Waals surface area contributed by atoms with Gasteiger partial charge < -0.3 is 10.1 Å². The molecular formula is C21H28FN5O3S. The van der Waals surface area contributed by atoms with E-state index in [9.17, 15) is 9.00 Å². The van der Waals surface area contributed by atoms with Crippen molar-refractivity contribution in [3.63, 3.8) is 0 Å². The molecule has 4 heterocycles. The molecule has 4 bridgehead atoms. The van der Waals surface area contributed by atoms with E-state index in [1.165, 1.54) is 12.1 Å². The van der Waals surface area contributed by atoms with Crippen LogP contribution in [0.15, 0.2) is 21.5 Å². The van der Waals surface area contributed by atoms with Gasteiger partial charge in [-0.3, -0.25) is 10.3 Å². The maximum atomic E-state index is 15.2. The van der Waals surface area contributed by atoms with Gasteiger partial charge in [0.1, 0.15) is 33.5 Å². The van der Waals surface area contributed by atoms with Crippen LogP contribution in [0.5, 0.6) is 0 Å². The molecular weight excluding hydrogens is 421 g/mol. The minimum atomic E-state index is -2.94. The number of nitrogens with one attached hydrogen (secondary N) is 2. The molecule has 3 atom stereocenters. The average molecular weight is 450 g/mol. The maximum Gasteiger partial charge on any atom is 0.414 e. The van der Waals surface area contributed by atoms with Gasteiger partial charge in [-0.2, -0.15) is 0 Å². The zero-order valence-corrected chi connectivity index (χ0v) is 19.2. The first-order valence-corrected chi connectivity index (χ1v) is 12.2. The Kier molecular flexibility index (Phi) is 3.97. The zero-order valence-electron chi connectivity index (χ0n) is 18.4. The number of halogens is 1. The summed E-state index contributed by atoms with van der Waals surface area (Å²) in [7, 11) is -2.94. The molecule has 3 aliphatic heterocycles. The molecule has 0 aromatic carbocycles. The van der Waals surface area contributed by atoms with Crippen LogP contribution in [0.1, 0.15) is 59.6 Å². The molecule has 2 N–H and O–H groups in total. The van der Waals surface area contributed by atoms with Gasteiger partial charge in [0.25, 0.3) is 0 Å². The Labute approximate surface area is 181 Å². The lowest BCUT2D eigenvalue weighted by molar-refractivity contribution is 0.0623. The molecule has 4 aliphatic rings. The highest BCUT2D eigenvalue weighted by molar-refractivity contribution is 7.96. The average Bonchev–Trinajstić information content (AvgIpc) is 3.42. The van der Waals surface area contributed by atoms with E-state index in [0.717, 1.165) is 12.8 Å². The van der Waals surface area contributed by atoms with Crippen LogP contribution in [0.3, 0.4) is 0 Å². The van der Waals surface area contributed by atoms with Crippen molar-refractivity contribution in [3.05, 3.63) is 23.6 Å². The van der Waals surface area contributed by atoms with Gasteiger partial charge in [-0.05, 0) is 71.4 Å². The number of anilines is 1. The fourth-order valence-corrected chi connectivity index (χ4v) is 8.39. The molecule has 1 aromatic rings. The molecule has 0 unspecified atom stereocenters. The van der Waals surface area contributed by atoms with Gasteiger partial charge in [-0.1, -0.05) is 0 Å². The van der Waals surface area contributed by atoms with Crippen LogP contribution in [-0.2, 0) is 20.0 Å². The summed E-state index contributed by atoms with van der Waals surface area (Å²) in [4.78, 5) is 22.1. The van der Waals surface area contributed by atoms with Crippen molar-refractivity contribution < 1.29 is 18.1 Å². The second-order valence-corrected chi connectivity index (χ2v) is 13.3. The third-order valence-electron chi connectivity index (χ3n) is 7.15. The van der Waals surface area contributed by atoms with E-state index in [-0.39, 0.29) is 16.9 Å². The van der Waals surface area contributed by atoms with Crippen LogP contribution in [0.25, 0.3) is 0 Å². The molecule has 168 valence electrons. The monoisotopic (exact) mass is 449 g/mol. The molecule has 5 rings (SSSR count). The summed E-state index contributed by atoms with van der Waals surface area (Å²) in [6, 6.07) is 2.81. The SMILES string of the molecule is CC1(C)Nc2ccc(F)c(n2)[C@@]2(C)N=C(NC(=O)O1)C(C)(C)[S@@]1(=O)=NCC3(CC3)C[C@H]21. The van der Waals surface area contributed by atoms with E-state index in [4.69, 9.17) is 14.1 Å². The third kappa shape index (κ3) is 2.90. The lowest BCUT2D eigenvalue weighted by Gasteiger charge is -2.49. The van der Waals surface area contributed by atoms with E-state index < -0.39 is 42.9 Å². The number of amidine groups is 1. The Hall–Kier alpha value is -2.23. The maximum absolute atomic E-state index is 15.2. The molecule has 10 heteroatoms. The van der Waals surface area contributed by atoms with E-state index in [2.05, 4.69) is 15.6 Å². The minimum absolute atomic E-state index is 0.0184. The van der Waals surface area contributed by atoms with E-state index in [1.807, 2.05) is 0 Å². The molecule has 0 saturated heterocycles. The molecule has 1 amide bonds. The van der Waals surface area contributed by atoms with Crippen molar-refractivity contribution in [3.8, 4) is 0 Å². The number of nitrogens with zero attached hydrogens (tertiary/aromatic N) is 3. The number of aromatic nitrogens is 1. The first kappa shape index (κ1) is 20.7. The van der Waals surface area contributed by atoms with Gasteiger partial charge in [-0.25, -0.2) is 22.7 Å². The number of hydrogen-bond donors (Lipinski definition) is 2. The van der Waals surface area contributed by atoms with Crippen LogP contribution in [0.2, 0.25) is 0 Å². The standard InChI is InChI=1S/C21H28FN5O3S/c1-18(2)16-25-17(28)30-19(3,4)26-14-7-6-12(22)15(24-14)20(5,27-16)13-10-21(8-9-21)11-23-31(13,18)29/h6-7,13H,8-11H2,1-5H3,(H,24,26)(H,25,27,28)/t13-,20+,31-/m1/s1. The van der Waals surface area contributed by atoms with E-state index in [1.54, 1.807) is 34.6 Å². The van der Waals surface area contributed by atoms with Crippen molar-refractivity contribution >= 4 is 27.5 Å². The topological polar surface area (TPSA) is 105 Å². The Morgan fingerprint density at radius 3 is 2.58 bits per heavy atom. The highest BCUT2D eigenvalue weighted by Gasteiger charge is 2.62. The van der Waals surface area contributed by atoms with Gasteiger partial charge in [-0.15, -0.1) is 0 Å². The van der Waals surface area contributed by atoms with Crippen molar-refractivity contribution in [2.24, 2.45) is 14.8 Å². The summed E-state index contributed by atoms with van der Waals surface area (Å²) in [5.74, 6) is -0.00216. The highest BCUT2D eigenvalue weighted by atomic mass is 32.2. The summed E-state index contributed by atoms with van der Waals surface area (Å²) in [6.07, 6.45) is 1.94. The van der Waals surface area contributed by atoms with Crippen LogP contribution in [0.4, 0.5) is 15.0 Å². The number of aliphatic imine (C=N–C) groups is 1. The molecule has 1 aromatic heterocycles. The van der Waals surface area contributed by atoms with Gasteiger partial charge in [0.05, 0.1) is 21.5 Å². The van der Waals surface area contributed by atoms with Gasteiger partial charge in [0.15, 0.2) is 5.72 Å². The molecule has 1 aliphatic carbocycles. The number of carbonyl (C=O) groups excluding carboxylic acids is 1. The smallest absolute Gasteiger partial charge is 0.414 e. The number of fused-ring (bicyclic) bond motifs is 6. The summed E-state index contributed by atoms with van der Waals surface area (Å²) in [5.41, 5.74) is -2.26. The lowest BCUT2D eigenvalue weighted by atomic mass is 9.84. The minimum Gasteiger partial charge on any atom is -0.423 e. The van der Waals surface area contributed by atoms with Crippen molar-refractivity contribution in [1.29, 1.82) is 0 Å². The summed E-state index contributed by atoms with van der Waals surface area (Å²) < 4.78 is 39.0. The number of hydrogen-bond acceptors (Lipinski definition) is 7. The predicted molar refractivity (Wildman–Crippen MR) is 116 cm³/mol. The van der Waals surface area contributed by atoms with Crippen LogP contribution < -0.4 is 10.6 Å². The van der Waals surface area contributed by atoms with Gasteiger partial charge >= 0.3 is 6.09 Å².